The molecule has 0 aliphatic carbocycles. The van der Waals surface area contributed by atoms with Gasteiger partial charge in [0.1, 0.15) is 5.69 Å². The van der Waals surface area contributed by atoms with Gasteiger partial charge in [-0.05, 0) is 26.0 Å². The van der Waals surface area contributed by atoms with Crippen LogP contribution < -0.4 is 10.1 Å². The molecule has 2 amide bonds. The monoisotopic (exact) mass is 265 g/mol. The summed E-state index contributed by atoms with van der Waals surface area (Å²) in [6.07, 6.45) is 1.71. The summed E-state index contributed by atoms with van der Waals surface area (Å²) in [5.74, 6) is 0.444. The van der Waals surface area contributed by atoms with Gasteiger partial charge in [0.15, 0.2) is 0 Å². The van der Waals surface area contributed by atoms with E-state index in [9.17, 15) is 4.79 Å². The molecule has 1 unspecified atom stereocenters. The number of ether oxygens (including phenoxy) is 2. The van der Waals surface area contributed by atoms with Crippen LogP contribution in [0.4, 0.5) is 10.5 Å². The number of pyridine rings is 1. The van der Waals surface area contributed by atoms with Crippen molar-refractivity contribution in [2.24, 2.45) is 0 Å². The van der Waals surface area contributed by atoms with Crippen LogP contribution in [-0.4, -0.2) is 48.3 Å². The minimum atomic E-state index is -0.149. The standard InChI is InChI=1S/C13H19N3O3/c1-3-18-12-11(5-4-6-14-12)15-13(17)16-7-8-19-10(2)9-16/h4-6,10H,3,7-9H2,1-2H3,(H,15,17). The van der Waals surface area contributed by atoms with Crippen LogP contribution in [0.1, 0.15) is 13.8 Å². The predicted octanol–water partition coefficient (Wildman–Crippen LogP) is 1.73. The van der Waals surface area contributed by atoms with Gasteiger partial charge in [0, 0.05) is 19.3 Å². The van der Waals surface area contributed by atoms with Gasteiger partial charge in [-0.1, -0.05) is 0 Å². The molecule has 0 saturated carbocycles. The second kappa shape index (κ2) is 6.38. The Morgan fingerprint density at radius 3 is 3.26 bits per heavy atom. The topological polar surface area (TPSA) is 63.7 Å². The minimum Gasteiger partial charge on any atom is -0.476 e. The van der Waals surface area contributed by atoms with Crippen LogP contribution in [0.25, 0.3) is 0 Å². The number of carbonyl (C=O) groups excluding carboxylic acids is 1. The Morgan fingerprint density at radius 1 is 1.68 bits per heavy atom. The SMILES string of the molecule is CCOc1ncccc1NC(=O)N1CCOC(C)C1. The highest BCUT2D eigenvalue weighted by molar-refractivity contribution is 5.90. The summed E-state index contributed by atoms with van der Waals surface area (Å²) in [5.41, 5.74) is 0.591. The maximum absolute atomic E-state index is 12.1. The van der Waals surface area contributed by atoms with Crippen LogP contribution in [0.3, 0.4) is 0 Å². The molecular formula is C13H19N3O3. The molecule has 1 atom stereocenters. The maximum atomic E-state index is 12.1. The molecule has 1 aromatic rings. The average molecular weight is 265 g/mol. The smallest absolute Gasteiger partial charge is 0.322 e. The fourth-order valence-corrected chi connectivity index (χ4v) is 1.93. The molecule has 19 heavy (non-hydrogen) atoms. The molecular weight excluding hydrogens is 246 g/mol. The molecule has 1 N–H and O–H groups in total. The molecule has 0 bridgehead atoms. The van der Waals surface area contributed by atoms with Crippen molar-refractivity contribution in [2.75, 3.05) is 31.6 Å². The van der Waals surface area contributed by atoms with E-state index in [4.69, 9.17) is 9.47 Å². The lowest BCUT2D eigenvalue weighted by molar-refractivity contribution is -0.00139. The number of hydrogen-bond acceptors (Lipinski definition) is 4. The van der Waals surface area contributed by atoms with Gasteiger partial charge in [-0.15, -0.1) is 0 Å². The van der Waals surface area contributed by atoms with E-state index in [1.54, 1.807) is 23.2 Å². The third-order valence-corrected chi connectivity index (χ3v) is 2.82. The van der Waals surface area contributed by atoms with E-state index in [0.717, 1.165) is 0 Å². The molecule has 0 spiro atoms. The summed E-state index contributed by atoms with van der Waals surface area (Å²) in [4.78, 5) is 18.0. The molecule has 1 fully saturated rings. The fraction of sp³-hybridized carbons (Fsp3) is 0.538. The molecule has 1 aliphatic rings. The molecule has 2 rings (SSSR count). The number of nitrogens with one attached hydrogen (secondary N) is 1. The second-order valence-electron chi connectivity index (χ2n) is 4.35. The quantitative estimate of drug-likeness (QED) is 0.904. The van der Waals surface area contributed by atoms with Gasteiger partial charge in [-0.2, -0.15) is 0 Å². The van der Waals surface area contributed by atoms with Crippen molar-refractivity contribution < 1.29 is 14.3 Å². The Morgan fingerprint density at radius 2 is 2.53 bits per heavy atom. The van der Waals surface area contributed by atoms with Crippen molar-refractivity contribution >= 4 is 11.7 Å². The number of amides is 2. The Balaban J connectivity index is 2.02. The number of aromatic nitrogens is 1. The number of anilines is 1. The second-order valence-corrected chi connectivity index (χ2v) is 4.35. The lowest BCUT2D eigenvalue weighted by Gasteiger charge is -2.31. The van der Waals surface area contributed by atoms with E-state index in [1.807, 2.05) is 13.8 Å². The molecule has 1 saturated heterocycles. The van der Waals surface area contributed by atoms with Crippen LogP contribution in [0.15, 0.2) is 18.3 Å². The zero-order chi connectivity index (χ0) is 13.7. The zero-order valence-electron chi connectivity index (χ0n) is 11.3. The van der Waals surface area contributed by atoms with E-state index in [0.29, 0.717) is 37.9 Å². The Kier molecular flexibility index (Phi) is 4.57. The van der Waals surface area contributed by atoms with Crippen molar-refractivity contribution in [3.63, 3.8) is 0 Å². The summed E-state index contributed by atoms with van der Waals surface area (Å²) in [6.45, 7) is 6.10. The third kappa shape index (κ3) is 3.57. The summed E-state index contributed by atoms with van der Waals surface area (Å²) in [5, 5.41) is 2.83. The molecule has 104 valence electrons. The highest BCUT2D eigenvalue weighted by atomic mass is 16.5. The zero-order valence-corrected chi connectivity index (χ0v) is 11.3. The fourth-order valence-electron chi connectivity index (χ4n) is 1.93. The molecule has 0 aromatic carbocycles. The summed E-state index contributed by atoms with van der Waals surface area (Å²) >= 11 is 0. The highest BCUT2D eigenvalue weighted by Crippen LogP contribution is 2.21. The van der Waals surface area contributed by atoms with E-state index < -0.39 is 0 Å². The number of nitrogens with zero attached hydrogens (tertiary/aromatic N) is 2. The summed E-state index contributed by atoms with van der Waals surface area (Å²) in [7, 11) is 0. The Bertz CT molecular complexity index is 439. The van der Waals surface area contributed by atoms with Gasteiger partial charge in [-0.3, -0.25) is 0 Å². The van der Waals surface area contributed by atoms with Crippen molar-refractivity contribution in [1.29, 1.82) is 0 Å². The van der Waals surface area contributed by atoms with Gasteiger partial charge < -0.3 is 19.7 Å². The largest absolute Gasteiger partial charge is 0.476 e. The number of morpholine rings is 1. The summed E-state index contributed by atoms with van der Waals surface area (Å²) < 4.78 is 10.8. The number of rotatable bonds is 3. The van der Waals surface area contributed by atoms with E-state index in [1.165, 1.54) is 0 Å². The Labute approximate surface area is 112 Å². The Hall–Kier alpha value is -1.82. The minimum absolute atomic E-state index is 0.0692. The van der Waals surface area contributed by atoms with Crippen molar-refractivity contribution in [2.45, 2.75) is 20.0 Å². The number of hydrogen-bond donors (Lipinski definition) is 1. The van der Waals surface area contributed by atoms with Crippen LogP contribution in [0.5, 0.6) is 5.88 Å². The van der Waals surface area contributed by atoms with Crippen LogP contribution in [0, 0.1) is 0 Å². The number of carbonyl (C=O) groups is 1. The number of urea groups is 1. The first-order valence-corrected chi connectivity index (χ1v) is 6.46. The lowest BCUT2D eigenvalue weighted by Crippen LogP contribution is -2.46. The van der Waals surface area contributed by atoms with Crippen LogP contribution in [0.2, 0.25) is 0 Å². The van der Waals surface area contributed by atoms with Crippen LogP contribution >= 0.6 is 0 Å². The van der Waals surface area contributed by atoms with Gasteiger partial charge in [0.25, 0.3) is 0 Å². The summed E-state index contributed by atoms with van der Waals surface area (Å²) in [6, 6.07) is 3.39. The van der Waals surface area contributed by atoms with Gasteiger partial charge in [0.05, 0.1) is 19.3 Å². The van der Waals surface area contributed by atoms with Gasteiger partial charge in [0.2, 0.25) is 5.88 Å². The van der Waals surface area contributed by atoms with Crippen molar-refractivity contribution in [3.8, 4) is 5.88 Å². The first-order chi connectivity index (χ1) is 9.20. The molecule has 6 nitrogen and oxygen atoms in total. The highest BCUT2D eigenvalue weighted by Gasteiger charge is 2.22. The van der Waals surface area contributed by atoms with Crippen LogP contribution in [-0.2, 0) is 4.74 Å². The normalized spacial score (nSPS) is 19.1. The van der Waals surface area contributed by atoms with E-state index in [2.05, 4.69) is 10.3 Å². The first kappa shape index (κ1) is 13.6. The molecule has 2 heterocycles. The molecule has 1 aromatic heterocycles. The first-order valence-electron chi connectivity index (χ1n) is 6.46. The van der Waals surface area contributed by atoms with E-state index in [-0.39, 0.29) is 12.1 Å². The van der Waals surface area contributed by atoms with Gasteiger partial charge in [-0.25, -0.2) is 9.78 Å². The van der Waals surface area contributed by atoms with E-state index >= 15 is 0 Å². The lowest BCUT2D eigenvalue weighted by atomic mass is 10.3. The van der Waals surface area contributed by atoms with Crippen molar-refractivity contribution in [3.05, 3.63) is 18.3 Å². The molecule has 1 aliphatic heterocycles. The predicted molar refractivity (Wildman–Crippen MR) is 71.4 cm³/mol. The maximum Gasteiger partial charge on any atom is 0.322 e. The van der Waals surface area contributed by atoms with Gasteiger partial charge >= 0.3 is 6.03 Å². The van der Waals surface area contributed by atoms with Crippen molar-refractivity contribution in [1.82, 2.24) is 9.88 Å². The average Bonchev–Trinajstić information content (AvgIpc) is 2.41. The molecule has 6 heteroatoms. The molecule has 0 radical (unpaired) electrons. The third-order valence-electron chi connectivity index (χ3n) is 2.82.